The van der Waals surface area contributed by atoms with Gasteiger partial charge in [0.05, 0.1) is 24.2 Å². The minimum atomic E-state index is 0.00583. The summed E-state index contributed by atoms with van der Waals surface area (Å²) in [5, 5.41) is 3.82. The summed E-state index contributed by atoms with van der Waals surface area (Å²) in [6, 6.07) is 7.90. The lowest BCUT2D eigenvalue weighted by Gasteiger charge is -2.15. The zero-order chi connectivity index (χ0) is 12.1. The number of hydrazine groups is 1. The second-order valence-electron chi connectivity index (χ2n) is 3.56. The van der Waals surface area contributed by atoms with Crippen LogP contribution >= 0.6 is 11.5 Å². The Morgan fingerprint density at radius 1 is 1.47 bits per heavy atom. The van der Waals surface area contributed by atoms with Gasteiger partial charge in [-0.25, -0.2) is 0 Å². The van der Waals surface area contributed by atoms with E-state index in [0.29, 0.717) is 0 Å². The van der Waals surface area contributed by atoms with Crippen LogP contribution in [-0.2, 0) is 6.42 Å². The second kappa shape index (κ2) is 5.72. The Kier molecular flexibility index (Phi) is 4.03. The van der Waals surface area contributed by atoms with E-state index in [1.54, 1.807) is 13.3 Å². The molecule has 0 aliphatic carbocycles. The highest BCUT2D eigenvalue weighted by atomic mass is 32.1. The van der Waals surface area contributed by atoms with E-state index in [1.807, 2.05) is 24.3 Å². The van der Waals surface area contributed by atoms with Crippen molar-refractivity contribution in [3.05, 3.63) is 40.9 Å². The zero-order valence-corrected chi connectivity index (χ0v) is 10.3. The molecule has 17 heavy (non-hydrogen) atoms. The minimum absolute atomic E-state index is 0.00583. The number of aromatic nitrogens is 2. The first-order valence-corrected chi connectivity index (χ1v) is 5.97. The second-order valence-corrected chi connectivity index (χ2v) is 4.37. The molecule has 90 valence electrons. The highest BCUT2D eigenvalue weighted by molar-refractivity contribution is 7.05. The van der Waals surface area contributed by atoms with Crippen LogP contribution in [0.5, 0.6) is 5.75 Å². The first-order valence-electron chi connectivity index (χ1n) is 5.20. The number of methoxy groups -OCH3 is 1. The van der Waals surface area contributed by atoms with Crippen LogP contribution in [0, 0.1) is 0 Å². The average Bonchev–Trinajstić information content (AvgIpc) is 2.90. The third-order valence-corrected chi connectivity index (χ3v) is 3.32. The summed E-state index contributed by atoms with van der Waals surface area (Å²) in [5.74, 6) is 6.43. The van der Waals surface area contributed by atoms with Gasteiger partial charge in [-0.3, -0.25) is 11.3 Å². The molecule has 1 aromatic heterocycles. The number of rotatable bonds is 5. The Bertz CT molecular complexity index is 460. The third kappa shape index (κ3) is 2.79. The summed E-state index contributed by atoms with van der Waals surface area (Å²) in [6.07, 6.45) is 2.47. The van der Waals surface area contributed by atoms with E-state index in [2.05, 4.69) is 15.0 Å². The number of benzene rings is 1. The van der Waals surface area contributed by atoms with Crippen LogP contribution < -0.4 is 16.0 Å². The molecule has 0 fully saturated rings. The summed E-state index contributed by atoms with van der Waals surface area (Å²) in [6.45, 7) is 0. The predicted octanol–water partition coefficient (Wildman–Crippen LogP) is 1.29. The van der Waals surface area contributed by atoms with Gasteiger partial charge in [0.2, 0.25) is 0 Å². The topological polar surface area (TPSA) is 73.1 Å². The van der Waals surface area contributed by atoms with Crippen molar-refractivity contribution in [1.29, 1.82) is 0 Å². The standard InChI is InChI=1S/C11H14N4OS/c1-16-10-5-3-2-4-8(10)6-9(14-12)11-7-13-15-17-11/h2-5,7,9,14H,6,12H2,1H3. The SMILES string of the molecule is COc1ccccc1CC(NN)c1cnns1. The minimum Gasteiger partial charge on any atom is -0.496 e. The van der Waals surface area contributed by atoms with Crippen LogP contribution in [0.4, 0.5) is 0 Å². The van der Waals surface area contributed by atoms with Gasteiger partial charge in [0.15, 0.2) is 0 Å². The first kappa shape index (κ1) is 12.0. The molecular formula is C11H14N4OS. The number of para-hydroxylation sites is 1. The van der Waals surface area contributed by atoms with Gasteiger partial charge in [-0.15, -0.1) is 5.10 Å². The quantitative estimate of drug-likeness (QED) is 0.618. The number of hydrogen-bond donors (Lipinski definition) is 2. The molecule has 0 saturated carbocycles. The first-order chi connectivity index (χ1) is 8.35. The predicted molar refractivity (Wildman–Crippen MR) is 66.7 cm³/mol. The van der Waals surface area contributed by atoms with Gasteiger partial charge in [0, 0.05) is 0 Å². The van der Waals surface area contributed by atoms with Gasteiger partial charge in [-0.2, -0.15) is 0 Å². The molecular weight excluding hydrogens is 236 g/mol. The molecule has 0 saturated heterocycles. The van der Waals surface area contributed by atoms with E-state index in [9.17, 15) is 0 Å². The summed E-state index contributed by atoms with van der Waals surface area (Å²) < 4.78 is 9.15. The fourth-order valence-corrected chi connectivity index (χ4v) is 2.22. The molecule has 1 aromatic carbocycles. The molecule has 0 spiro atoms. The van der Waals surface area contributed by atoms with Gasteiger partial charge in [0.1, 0.15) is 5.75 Å². The lowest BCUT2D eigenvalue weighted by Crippen LogP contribution is -2.29. The maximum absolute atomic E-state index is 5.56. The fourth-order valence-electron chi connectivity index (χ4n) is 1.66. The van der Waals surface area contributed by atoms with Crippen LogP contribution in [0.1, 0.15) is 16.5 Å². The Morgan fingerprint density at radius 3 is 2.94 bits per heavy atom. The van der Waals surface area contributed by atoms with Crippen molar-refractivity contribution >= 4 is 11.5 Å². The van der Waals surface area contributed by atoms with Crippen molar-refractivity contribution in [2.75, 3.05) is 7.11 Å². The normalized spacial score (nSPS) is 12.4. The van der Waals surface area contributed by atoms with Crippen molar-refractivity contribution in [3.8, 4) is 5.75 Å². The molecule has 1 heterocycles. The zero-order valence-electron chi connectivity index (χ0n) is 9.46. The van der Waals surface area contributed by atoms with Gasteiger partial charge in [-0.1, -0.05) is 22.7 Å². The fraction of sp³-hybridized carbons (Fsp3) is 0.273. The van der Waals surface area contributed by atoms with Crippen LogP contribution in [0.15, 0.2) is 30.5 Å². The molecule has 0 radical (unpaired) electrons. The smallest absolute Gasteiger partial charge is 0.122 e. The Balaban J connectivity index is 2.18. The van der Waals surface area contributed by atoms with Crippen molar-refractivity contribution < 1.29 is 4.74 Å². The van der Waals surface area contributed by atoms with E-state index in [1.165, 1.54) is 11.5 Å². The van der Waals surface area contributed by atoms with E-state index >= 15 is 0 Å². The van der Waals surface area contributed by atoms with Crippen molar-refractivity contribution in [2.45, 2.75) is 12.5 Å². The molecule has 1 unspecified atom stereocenters. The largest absolute Gasteiger partial charge is 0.496 e. The molecule has 3 N–H and O–H groups in total. The number of nitrogens with zero attached hydrogens (tertiary/aromatic N) is 2. The van der Waals surface area contributed by atoms with Crippen LogP contribution in [0.3, 0.4) is 0 Å². The van der Waals surface area contributed by atoms with E-state index in [-0.39, 0.29) is 6.04 Å². The lowest BCUT2D eigenvalue weighted by atomic mass is 10.0. The van der Waals surface area contributed by atoms with Crippen LogP contribution in [0.25, 0.3) is 0 Å². The summed E-state index contributed by atoms with van der Waals surface area (Å²) in [5.41, 5.74) is 3.88. The van der Waals surface area contributed by atoms with E-state index in [4.69, 9.17) is 10.6 Å². The maximum atomic E-state index is 5.56. The van der Waals surface area contributed by atoms with Gasteiger partial charge < -0.3 is 4.74 Å². The Morgan fingerprint density at radius 2 is 2.29 bits per heavy atom. The van der Waals surface area contributed by atoms with E-state index < -0.39 is 0 Å². The van der Waals surface area contributed by atoms with Crippen molar-refractivity contribution in [1.82, 2.24) is 15.0 Å². The number of hydrogen-bond acceptors (Lipinski definition) is 6. The Labute approximate surface area is 104 Å². The van der Waals surface area contributed by atoms with Crippen LogP contribution in [-0.4, -0.2) is 16.7 Å². The summed E-state index contributed by atoms with van der Waals surface area (Å²) in [4.78, 5) is 1.01. The summed E-state index contributed by atoms with van der Waals surface area (Å²) >= 11 is 1.34. The Hall–Kier alpha value is -1.50. The van der Waals surface area contributed by atoms with Crippen LogP contribution in [0.2, 0.25) is 0 Å². The monoisotopic (exact) mass is 250 g/mol. The molecule has 1 atom stereocenters. The molecule has 0 aliphatic rings. The molecule has 0 bridgehead atoms. The number of nitrogens with one attached hydrogen (secondary N) is 1. The average molecular weight is 250 g/mol. The molecule has 2 aromatic rings. The molecule has 2 rings (SSSR count). The molecule has 5 nitrogen and oxygen atoms in total. The number of ether oxygens (including phenoxy) is 1. The van der Waals surface area contributed by atoms with Crippen molar-refractivity contribution in [2.24, 2.45) is 5.84 Å². The lowest BCUT2D eigenvalue weighted by molar-refractivity contribution is 0.406. The van der Waals surface area contributed by atoms with Gasteiger partial charge >= 0.3 is 0 Å². The van der Waals surface area contributed by atoms with Crippen molar-refractivity contribution in [3.63, 3.8) is 0 Å². The third-order valence-electron chi connectivity index (χ3n) is 2.54. The summed E-state index contributed by atoms with van der Waals surface area (Å²) in [7, 11) is 1.66. The highest BCUT2D eigenvalue weighted by Gasteiger charge is 2.15. The van der Waals surface area contributed by atoms with E-state index in [0.717, 1.165) is 22.6 Å². The van der Waals surface area contributed by atoms with Gasteiger partial charge in [-0.05, 0) is 29.6 Å². The van der Waals surface area contributed by atoms with Gasteiger partial charge in [0.25, 0.3) is 0 Å². The maximum Gasteiger partial charge on any atom is 0.122 e. The highest BCUT2D eigenvalue weighted by Crippen LogP contribution is 2.25. The molecule has 6 heteroatoms. The molecule has 0 aliphatic heterocycles. The number of nitrogens with two attached hydrogens (primary N) is 1. The molecule has 0 amide bonds.